The molecule has 1 aliphatic rings. The minimum Gasteiger partial charge on any atom is -0.450 e. The summed E-state index contributed by atoms with van der Waals surface area (Å²) < 4.78 is 4.79. The van der Waals surface area contributed by atoms with Gasteiger partial charge in [-0.25, -0.2) is 9.78 Å². The van der Waals surface area contributed by atoms with Crippen LogP contribution in [0.1, 0.15) is 30.3 Å². The monoisotopic (exact) mass is 226 g/mol. The number of hydrogen-bond donors (Lipinski definition) is 1. The fourth-order valence-electron chi connectivity index (χ4n) is 1.66. The Morgan fingerprint density at radius 1 is 1.53 bits per heavy atom. The van der Waals surface area contributed by atoms with Crippen LogP contribution >= 0.6 is 11.3 Å². The highest BCUT2D eigenvalue weighted by molar-refractivity contribution is 7.15. The molecular weight excluding hydrogens is 212 g/mol. The number of carbonyl (C=O) groups excluding carboxylic acids is 1. The van der Waals surface area contributed by atoms with Gasteiger partial charge in [-0.1, -0.05) is 0 Å². The fourth-order valence-corrected chi connectivity index (χ4v) is 2.70. The fraction of sp³-hybridized carbons (Fsp3) is 0.600. The summed E-state index contributed by atoms with van der Waals surface area (Å²) in [4.78, 5) is 16.9. The second-order valence-corrected chi connectivity index (χ2v) is 4.53. The van der Waals surface area contributed by atoms with E-state index in [9.17, 15) is 4.79 Å². The zero-order valence-corrected chi connectivity index (χ0v) is 9.52. The van der Waals surface area contributed by atoms with Crippen LogP contribution in [0.4, 0.5) is 9.93 Å². The van der Waals surface area contributed by atoms with Gasteiger partial charge in [0.05, 0.1) is 12.3 Å². The number of nitrogens with zero attached hydrogens (tertiary/aromatic N) is 1. The van der Waals surface area contributed by atoms with Crippen molar-refractivity contribution in [1.29, 1.82) is 0 Å². The number of hydrogen-bond acceptors (Lipinski definition) is 4. The maximum Gasteiger partial charge on any atom is 0.413 e. The molecule has 0 aliphatic heterocycles. The van der Waals surface area contributed by atoms with Crippen LogP contribution in [-0.2, 0) is 17.6 Å². The van der Waals surface area contributed by atoms with Crippen LogP contribution < -0.4 is 5.32 Å². The molecule has 1 N–H and O–H groups in total. The van der Waals surface area contributed by atoms with Gasteiger partial charge < -0.3 is 4.74 Å². The minimum atomic E-state index is -0.413. The van der Waals surface area contributed by atoms with Crippen molar-refractivity contribution < 1.29 is 9.53 Å². The van der Waals surface area contributed by atoms with Crippen LogP contribution in [0.3, 0.4) is 0 Å². The summed E-state index contributed by atoms with van der Waals surface area (Å²) in [5.74, 6) is 0. The summed E-state index contributed by atoms with van der Waals surface area (Å²) in [5, 5.41) is 3.31. The van der Waals surface area contributed by atoms with E-state index in [0.717, 1.165) is 18.5 Å². The molecule has 5 heteroatoms. The third-order valence-electron chi connectivity index (χ3n) is 2.33. The Labute approximate surface area is 92.7 Å². The zero-order chi connectivity index (χ0) is 10.7. The molecule has 2 rings (SSSR count). The van der Waals surface area contributed by atoms with Gasteiger partial charge in [-0.15, -0.1) is 11.3 Å². The number of rotatable bonds is 2. The van der Waals surface area contributed by atoms with Gasteiger partial charge in [0, 0.05) is 4.88 Å². The van der Waals surface area contributed by atoms with Crippen LogP contribution in [0, 0.1) is 0 Å². The van der Waals surface area contributed by atoms with E-state index >= 15 is 0 Å². The molecule has 1 amide bonds. The predicted molar refractivity (Wildman–Crippen MR) is 59.4 cm³/mol. The van der Waals surface area contributed by atoms with Gasteiger partial charge in [-0.3, -0.25) is 5.32 Å². The molecule has 82 valence electrons. The number of nitrogens with one attached hydrogen (secondary N) is 1. The summed E-state index contributed by atoms with van der Waals surface area (Å²) in [5.41, 5.74) is 1.15. The first-order valence-corrected chi connectivity index (χ1v) is 6.03. The summed E-state index contributed by atoms with van der Waals surface area (Å²) in [6.45, 7) is 2.17. The molecule has 0 bridgehead atoms. The maximum atomic E-state index is 11.2. The van der Waals surface area contributed by atoms with Gasteiger partial charge in [0.25, 0.3) is 0 Å². The molecule has 1 heterocycles. The molecule has 4 nitrogen and oxygen atoms in total. The van der Waals surface area contributed by atoms with Crippen molar-refractivity contribution in [3.8, 4) is 0 Å². The molecule has 0 saturated carbocycles. The highest BCUT2D eigenvalue weighted by Crippen LogP contribution is 2.29. The van der Waals surface area contributed by atoms with Crippen molar-refractivity contribution in [1.82, 2.24) is 4.98 Å². The molecular formula is C10H14N2O2S. The van der Waals surface area contributed by atoms with Gasteiger partial charge in [-0.2, -0.15) is 0 Å². The molecule has 0 atom stereocenters. The average molecular weight is 226 g/mol. The maximum absolute atomic E-state index is 11.2. The molecule has 0 spiro atoms. The summed E-state index contributed by atoms with van der Waals surface area (Å²) in [7, 11) is 0. The van der Waals surface area contributed by atoms with E-state index in [1.807, 2.05) is 0 Å². The zero-order valence-electron chi connectivity index (χ0n) is 8.71. The highest BCUT2D eigenvalue weighted by atomic mass is 32.1. The van der Waals surface area contributed by atoms with E-state index in [1.165, 1.54) is 17.7 Å². The van der Waals surface area contributed by atoms with Crippen molar-refractivity contribution in [3.63, 3.8) is 0 Å². The number of thiazole rings is 1. The molecule has 0 saturated heterocycles. The van der Waals surface area contributed by atoms with Gasteiger partial charge in [0.2, 0.25) is 0 Å². The number of anilines is 1. The van der Waals surface area contributed by atoms with Crippen LogP contribution in [0.25, 0.3) is 0 Å². The third-order valence-corrected chi connectivity index (χ3v) is 3.40. The van der Waals surface area contributed by atoms with Gasteiger partial charge in [0.15, 0.2) is 5.13 Å². The number of carbonyl (C=O) groups is 1. The lowest BCUT2D eigenvalue weighted by Gasteiger charge is -2.06. The van der Waals surface area contributed by atoms with Gasteiger partial charge in [0.1, 0.15) is 0 Å². The molecule has 0 aromatic carbocycles. The van der Waals surface area contributed by atoms with Crippen molar-refractivity contribution in [2.75, 3.05) is 11.9 Å². The Kier molecular flexibility index (Phi) is 3.20. The van der Waals surface area contributed by atoms with E-state index in [0.29, 0.717) is 11.7 Å². The first-order chi connectivity index (χ1) is 7.29. The second kappa shape index (κ2) is 4.61. The van der Waals surface area contributed by atoms with Crippen molar-refractivity contribution >= 4 is 22.6 Å². The molecule has 0 radical (unpaired) electrons. The molecule has 0 unspecified atom stereocenters. The summed E-state index contributed by atoms with van der Waals surface area (Å²) >= 11 is 1.57. The Balaban J connectivity index is 2.03. The lowest BCUT2D eigenvalue weighted by atomic mass is 10.0. The van der Waals surface area contributed by atoms with Crippen LogP contribution in [0.2, 0.25) is 0 Å². The lowest BCUT2D eigenvalue weighted by Crippen LogP contribution is -2.13. The second-order valence-electron chi connectivity index (χ2n) is 3.44. The number of aromatic nitrogens is 1. The molecule has 1 aliphatic carbocycles. The van der Waals surface area contributed by atoms with Crippen LogP contribution in [0.15, 0.2) is 0 Å². The number of ether oxygens (including phenoxy) is 1. The number of fused-ring (bicyclic) bond motifs is 1. The largest absolute Gasteiger partial charge is 0.450 e. The lowest BCUT2D eigenvalue weighted by molar-refractivity contribution is 0.168. The highest BCUT2D eigenvalue weighted by Gasteiger charge is 2.16. The van der Waals surface area contributed by atoms with E-state index in [-0.39, 0.29) is 0 Å². The van der Waals surface area contributed by atoms with Crippen molar-refractivity contribution in [3.05, 3.63) is 10.6 Å². The first kappa shape index (κ1) is 10.4. The standard InChI is InChI=1S/C10H14N2O2S/c1-2-14-10(13)12-9-11-7-5-3-4-6-8(7)15-9/h2-6H2,1H3,(H,11,12,13). The molecule has 1 aromatic heterocycles. The summed E-state index contributed by atoms with van der Waals surface area (Å²) in [6.07, 6.45) is 4.15. The Morgan fingerprint density at radius 2 is 2.33 bits per heavy atom. The summed E-state index contributed by atoms with van der Waals surface area (Å²) in [6, 6.07) is 0. The van der Waals surface area contributed by atoms with E-state index in [4.69, 9.17) is 4.74 Å². The van der Waals surface area contributed by atoms with Gasteiger partial charge in [-0.05, 0) is 32.6 Å². The van der Waals surface area contributed by atoms with Crippen molar-refractivity contribution in [2.45, 2.75) is 32.6 Å². The normalized spacial score (nSPS) is 14.5. The van der Waals surface area contributed by atoms with E-state index in [1.54, 1.807) is 18.3 Å². The molecule has 0 fully saturated rings. The Morgan fingerprint density at radius 3 is 3.07 bits per heavy atom. The minimum absolute atomic E-state index is 0.386. The smallest absolute Gasteiger partial charge is 0.413 e. The third kappa shape index (κ3) is 2.47. The Bertz CT molecular complexity index is 339. The quantitative estimate of drug-likeness (QED) is 0.843. The first-order valence-electron chi connectivity index (χ1n) is 5.22. The number of amides is 1. The molecule has 1 aromatic rings. The van der Waals surface area contributed by atoms with Gasteiger partial charge >= 0.3 is 6.09 Å². The predicted octanol–water partition coefficient (Wildman–Crippen LogP) is 2.59. The van der Waals surface area contributed by atoms with E-state index in [2.05, 4.69) is 10.3 Å². The average Bonchev–Trinajstić information content (AvgIpc) is 2.59. The topological polar surface area (TPSA) is 51.2 Å². The SMILES string of the molecule is CCOC(=O)Nc1nc2c(s1)CCCC2. The molecule has 15 heavy (non-hydrogen) atoms. The van der Waals surface area contributed by atoms with E-state index < -0.39 is 6.09 Å². The van der Waals surface area contributed by atoms with Crippen molar-refractivity contribution in [2.24, 2.45) is 0 Å². The van der Waals surface area contributed by atoms with Crippen LogP contribution in [-0.4, -0.2) is 17.7 Å². The number of aryl methyl sites for hydroxylation is 2. The Hall–Kier alpha value is -1.10. The van der Waals surface area contributed by atoms with Crippen LogP contribution in [0.5, 0.6) is 0 Å².